The van der Waals surface area contributed by atoms with Gasteiger partial charge in [-0.3, -0.25) is 0 Å². The first-order valence-corrected chi connectivity index (χ1v) is 4.20. The number of aromatic nitrogens is 1. The van der Waals surface area contributed by atoms with E-state index in [1.807, 2.05) is 6.92 Å². The first-order chi connectivity index (χ1) is 5.84. The molecule has 2 N–H and O–H groups in total. The van der Waals surface area contributed by atoms with Crippen LogP contribution in [0.4, 0.5) is 0 Å². The second-order valence-corrected chi connectivity index (χ2v) is 3.08. The Morgan fingerprint density at radius 2 is 2.58 bits per heavy atom. The Kier molecular flexibility index (Phi) is 2.10. The Labute approximate surface area is 71.4 Å². The van der Waals surface area contributed by atoms with Crippen LogP contribution in [0.3, 0.4) is 0 Å². The van der Waals surface area contributed by atoms with Crippen molar-refractivity contribution in [1.82, 2.24) is 15.6 Å². The van der Waals surface area contributed by atoms with Crippen LogP contribution in [0.1, 0.15) is 11.7 Å². The molecule has 2 heterocycles. The zero-order valence-electron chi connectivity index (χ0n) is 7.13. The SMILES string of the molecule is Cc1ncc(CNC2CNC2)o1. The lowest BCUT2D eigenvalue weighted by atomic mass is 10.2. The van der Waals surface area contributed by atoms with Crippen molar-refractivity contribution in [3.05, 3.63) is 17.8 Å². The average Bonchev–Trinajstić information content (AvgIpc) is 2.32. The number of nitrogens with zero attached hydrogens (tertiary/aromatic N) is 1. The Morgan fingerprint density at radius 1 is 1.75 bits per heavy atom. The average molecular weight is 167 g/mol. The van der Waals surface area contributed by atoms with Gasteiger partial charge in [0.15, 0.2) is 5.89 Å². The molecule has 1 saturated heterocycles. The highest BCUT2D eigenvalue weighted by Gasteiger charge is 2.15. The molecule has 4 nitrogen and oxygen atoms in total. The minimum atomic E-state index is 0.607. The molecular formula is C8H13N3O. The maximum Gasteiger partial charge on any atom is 0.191 e. The lowest BCUT2D eigenvalue weighted by Gasteiger charge is -2.27. The standard InChI is InChI=1S/C8H13N3O/c1-6-10-4-8(12-6)5-11-7-2-9-3-7/h4,7,9,11H,2-3,5H2,1H3. The number of oxazole rings is 1. The molecule has 4 heteroatoms. The molecule has 1 fully saturated rings. The van der Waals surface area contributed by atoms with Crippen LogP contribution in [-0.4, -0.2) is 24.1 Å². The first kappa shape index (κ1) is 7.76. The molecule has 1 aliphatic heterocycles. The highest BCUT2D eigenvalue weighted by Crippen LogP contribution is 2.02. The Balaban J connectivity index is 1.79. The van der Waals surface area contributed by atoms with Crippen molar-refractivity contribution in [2.45, 2.75) is 19.5 Å². The van der Waals surface area contributed by atoms with Gasteiger partial charge in [0.05, 0.1) is 12.7 Å². The Hall–Kier alpha value is -0.870. The summed E-state index contributed by atoms with van der Waals surface area (Å²) in [5, 5.41) is 6.55. The van der Waals surface area contributed by atoms with Gasteiger partial charge in [-0.2, -0.15) is 0 Å². The van der Waals surface area contributed by atoms with Gasteiger partial charge in [-0.15, -0.1) is 0 Å². The summed E-state index contributed by atoms with van der Waals surface area (Å²) >= 11 is 0. The van der Waals surface area contributed by atoms with E-state index >= 15 is 0 Å². The fraction of sp³-hybridized carbons (Fsp3) is 0.625. The van der Waals surface area contributed by atoms with Crippen molar-refractivity contribution < 1.29 is 4.42 Å². The predicted molar refractivity (Wildman–Crippen MR) is 44.7 cm³/mol. The molecule has 0 spiro atoms. The van der Waals surface area contributed by atoms with Crippen LogP contribution < -0.4 is 10.6 Å². The van der Waals surface area contributed by atoms with Gasteiger partial charge in [-0.1, -0.05) is 0 Å². The van der Waals surface area contributed by atoms with Crippen LogP contribution in [0.2, 0.25) is 0 Å². The summed E-state index contributed by atoms with van der Waals surface area (Å²) in [4.78, 5) is 4.02. The molecule has 0 radical (unpaired) electrons. The maximum atomic E-state index is 5.31. The summed E-state index contributed by atoms with van der Waals surface area (Å²) < 4.78 is 5.31. The first-order valence-electron chi connectivity index (χ1n) is 4.20. The van der Waals surface area contributed by atoms with Crippen LogP contribution in [-0.2, 0) is 6.54 Å². The van der Waals surface area contributed by atoms with Gasteiger partial charge in [-0.25, -0.2) is 4.98 Å². The quantitative estimate of drug-likeness (QED) is 0.667. The smallest absolute Gasteiger partial charge is 0.191 e. The number of nitrogens with one attached hydrogen (secondary N) is 2. The second kappa shape index (κ2) is 3.25. The molecule has 1 aliphatic rings. The normalized spacial score (nSPS) is 17.8. The number of aryl methyl sites for hydroxylation is 1. The molecule has 0 unspecified atom stereocenters. The Bertz CT molecular complexity index is 255. The topological polar surface area (TPSA) is 50.1 Å². The van der Waals surface area contributed by atoms with Gasteiger partial charge < -0.3 is 15.1 Å². The predicted octanol–water partition coefficient (Wildman–Crippen LogP) is 0.0444. The van der Waals surface area contributed by atoms with E-state index in [0.29, 0.717) is 6.04 Å². The molecule has 0 saturated carbocycles. The lowest BCUT2D eigenvalue weighted by molar-refractivity contribution is 0.346. The third-order valence-corrected chi connectivity index (χ3v) is 2.02. The van der Waals surface area contributed by atoms with Crippen molar-refractivity contribution in [2.24, 2.45) is 0 Å². The number of hydrogen-bond acceptors (Lipinski definition) is 4. The highest BCUT2D eigenvalue weighted by molar-refractivity contribution is 4.94. The summed E-state index contributed by atoms with van der Waals surface area (Å²) in [7, 11) is 0. The fourth-order valence-corrected chi connectivity index (χ4v) is 1.16. The van der Waals surface area contributed by atoms with Crippen LogP contribution in [0.5, 0.6) is 0 Å². The zero-order chi connectivity index (χ0) is 8.39. The number of hydrogen-bond donors (Lipinski definition) is 2. The van der Waals surface area contributed by atoms with Gasteiger partial charge in [0.25, 0.3) is 0 Å². The van der Waals surface area contributed by atoms with Crippen molar-refractivity contribution >= 4 is 0 Å². The van der Waals surface area contributed by atoms with Gasteiger partial charge in [0.1, 0.15) is 5.76 Å². The molecule has 0 atom stereocenters. The molecule has 1 aromatic heterocycles. The van der Waals surface area contributed by atoms with Crippen molar-refractivity contribution in [3.8, 4) is 0 Å². The van der Waals surface area contributed by atoms with Gasteiger partial charge in [-0.05, 0) is 0 Å². The fourth-order valence-electron chi connectivity index (χ4n) is 1.16. The molecule has 0 aliphatic carbocycles. The summed E-state index contributed by atoms with van der Waals surface area (Å²) in [5.41, 5.74) is 0. The molecule has 66 valence electrons. The van der Waals surface area contributed by atoms with Gasteiger partial charge >= 0.3 is 0 Å². The van der Waals surface area contributed by atoms with Crippen LogP contribution in [0.25, 0.3) is 0 Å². The van der Waals surface area contributed by atoms with E-state index in [1.54, 1.807) is 6.20 Å². The molecule has 0 amide bonds. The molecule has 0 aromatic carbocycles. The van der Waals surface area contributed by atoms with E-state index in [-0.39, 0.29) is 0 Å². The van der Waals surface area contributed by atoms with E-state index in [1.165, 1.54) is 0 Å². The third kappa shape index (κ3) is 1.65. The van der Waals surface area contributed by atoms with Gasteiger partial charge in [0.2, 0.25) is 0 Å². The van der Waals surface area contributed by atoms with E-state index in [0.717, 1.165) is 31.3 Å². The molecule has 0 bridgehead atoms. The van der Waals surface area contributed by atoms with E-state index in [2.05, 4.69) is 15.6 Å². The maximum absolute atomic E-state index is 5.31. The summed E-state index contributed by atoms with van der Waals surface area (Å²) in [5.74, 6) is 1.65. The largest absolute Gasteiger partial charge is 0.445 e. The number of rotatable bonds is 3. The van der Waals surface area contributed by atoms with Crippen LogP contribution in [0, 0.1) is 6.92 Å². The minimum Gasteiger partial charge on any atom is -0.445 e. The van der Waals surface area contributed by atoms with E-state index in [4.69, 9.17) is 4.42 Å². The lowest BCUT2D eigenvalue weighted by Crippen LogP contribution is -2.54. The summed E-state index contributed by atoms with van der Waals surface area (Å²) in [6.45, 7) is 4.77. The van der Waals surface area contributed by atoms with Gasteiger partial charge in [0, 0.05) is 26.1 Å². The summed E-state index contributed by atoms with van der Waals surface area (Å²) in [6.07, 6.45) is 1.77. The van der Waals surface area contributed by atoms with Crippen LogP contribution >= 0.6 is 0 Å². The van der Waals surface area contributed by atoms with Crippen molar-refractivity contribution in [1.29, 1.82) is 0 Å². The second-order valence-electron chi connectivity index (χ2n) is 3.08. The van der Waals surface area contributed by atoms with E-state index < -0.39 is 0 Å². The zero-order valence-corrected chi connectivity index (χ0v) is 7.13. The van der Waals surface area contributed by atoms with Crippen molar-refractivity contribution in [2.75, 3.05) is 13.1 Å². The monoisotopic (exact) mass is 167 g/mol. The Morgan fingerprint density at radius 3 is 3.08 bits per heavy atom. The molecular weight excluding hydrogens is 154 g/mol. The molecule has 12 heavy (non-hydrogen) atoms. The molecule has 1 aromatic rings. The third-order valence-electron chi connectivity index (χ3n) is 2.02. The van der Waals surface area contributed by atoms with Crippen molar-refractivity contribution in [3.63, 3.8) is 0 Å². The molecule has 2 rings (SSSR count). The minimum absolute atomic E-state index is 0.607. The van der Waals surface area contributed by atoms with Crippen LogP contribution in [0.15, 0.2) is 10.6 Å². The highest BCUT2D eigenvalue weighted by atomic mass is 16.4. The summed E-state index contributed by atoms with van der Waals surface area (Å²) in [6, 6.07) is 0.607. The van der Waals surface area contributed by atoms with E-state index in [9.17, 15) is 0 Å².